The molecule has 202 valence electrons. The summed E-state index contributed by atoms with van der Waals surface area (Å²) in [7, 11) is -3.82. The number of carbonyl (C=O) groups is 1. The van der Waals surface area contributed by atoms with Gasteiger partial charge >= 0.3 is 0 Å². The Hall–Kier alpha value is -0.960. The van der Waals surface area contributed by atoms with Crippen molar-refractivity contribution in [2.24, 2.45) is 0 Å². The van der Waals surface area contributed by atoms with Crippen molar-refractivity contribution in [3.63, 3.8) is 0 Å². The molecule has 0 bridgehead atoms. The number of thiazole rings is 1. The molecule has 14 heteroatoms. The summed E-state index contributed by atoms with van der Waals surface area (Å²) in [5.41, 5.74) is 0.834. The van der Waals surface area contributed by atoms with Crippen molar-refractivity contribution in [3.05, 3.63) is 34.7 Å². The molecule has 0 radical (unpaired) electrons. The molecular weight excluding hydrogens is 595 g/mol. The minimum Gasteiger partial charge on any atom is -0.379 e. The Bertz CT molecular complexity index is 1340. The lowest BCUT2D eigenvalue weighted by Gasteiger charge is -2.31. The van der Waals surface area contributed by atoms with Crippen LogP contribution >= 0.6 is 58.4 Å². The first kappa shape index (κ1) is 29.0. The van der Waals surface area contributed by atoms with Crippen LogP contribution in [0.25, 0.3) is 10.2 Å². The van der Waals surface area contributed by atoms with Crippen molar-refractivity contribution >= 4 is 89.7 Å². The predicted octanol–water partition coefficient (Wildman–Crippen LogP) is 4.67. The number of fused-ring (bicyclic) bond motifs is 1. The first-order chi connectivity index (χ1) is 17.4. The van der Waals surface area contributed by atoms with Crippen LogP contribution in [-0.2, 0) is 19.6 Å². The zero-order valence-corrected chi connectivity index (χ0v) is 25.0. The first-order valence-corrected chi connectivity index (χ1v) is 16.4. The molecule has 8 nitrogen and oxygen atoms in total. The Balaban J connectivity index is 0.00000320. The van der Waals surface area contributed by atoms with Gasteiger partial charge in [0.15, 0.2) is 5.13 Å². The van der Waals surface area contributed by atoms with Gasteiger partial charge in [0.1, 0.15) is 10.3 Å². The van der Waals surface area contributed by atoms with Crippen molar-refractivity contribution in [2.75, 3.05) is 57.1 Å². The van der Waals surface area contributed by atoms with Crippen molar-refractivity contribution in [3.8, 4) is 0 Å². The molecule has 1 aromatic carbocycles. The minimum absolute atomic E-state index is 0. The van der Waals surface area contributed by atoms with E-state index >= 15 is 0 Å². The summed E-state index contributed by atoms with van der Waals surface area (Å²) in [6.07, 6.45) is 3.13. The van der Waals surface area contributed by atoms with E-state index in [1.54, 1.807) is 22.7 Å². The van der Waals surface area contributed by atoms with Crippen LogP contribution < -0.4 is 4.90 Å². The van der Waals surface area contributed by atoms with E-state index in [4.69, 9.17) is 21.3 Å². The van der Waals surface area contributed by atoms with Gasteiger partial charge in [-0.05, 0) is 49.4 Å². The van der Waals surface area contributed by atoms with Crippen LogP contribution in [0.1, 0.15) is 12.8 Å². The van der Waals surface area contributed by atoms with Crippen molar-refractivity contribution in [2.45, 2.75) is 28.0 Å². The number of nitrogens with zero attached hydrogens (tertiary/aromatic N) is 4. The fourth-order valence-electron chi connectivity index (χ4n) is 4.51. The Morgan fingerprint density at radius 2 is 2.00 bits per heavy atom. The quantitative estimate of drug-likeness (QED) is 0.338. The van der Waals surface area contributed by atoms with Crippen LogP contribution in [0.4, 0.5) is 5.13 Å². The van der Waals surface area contributed by atoms with E-state index in [-0.39, 0.29) is 22.5 Å². The highest BCUT2D eigenvalue weighted by Gasteiger charge is 2.42. The summed E-state index contributed by atoms with van der Waals surface area (Å²) in [6, 6.07) is 8.39. The molecular formula is C23H28Cl2N4O4S4. The van der Waals surface area contributed by atoms with Gasteiger partial charge in [0, 0.05) is 37.6 Å². The highest BCUT2D eigenvalue weighted by molar-refractivity contribution is 7.98. The lowest BCUT2D eigenvalue weighted by Crippen LogP contribution is -2.50. The number of carbonyl (C=O) groups excluding carboxylic acids is 1. The van der Waals surface area contributed by atoms with Gasteiger partial charge in [-0.25, -0.2) is 13.4 Å². The molecule has 0 aliphatic carbocycles. The second-order valence-corrected chi connectivity index (χ2v) is 14.3. The van der Waals surface area contributed by atoms with Gasteiger partial charge in [-0.15, -0.1) is 35.5 Å². The van der Waals surface area contributed by atoms with Crippen LogP contribution in [0.2, 0.25) is 4.34 Å². The van der Waals surface area contributed by atoms with Gasteiger partial charge in [0.2, 0.25) is 5.91 Å². The molecule has 0 spiro atoms. The van der Waals surface area contributed by atoms with Crippen LogP contribution in [0.3, 0.4) is 0 Å². The average molecular weight is 624 g/mol. The second kappa shape index (κ2) is 12.5. The number of morpholine rings is 1. The highest BCUT2D eigenvalue weighted by atomic mass is 35.5. The lowest BCUT2D eigenvalue weighted by atomic mass is 10.2. The lowest BCUT2D eigenvalue weighted by molar-refractivity contribution is -0.121. The minimum atomic E-state index is -3.82. The van der Waals surface area contributed by atoms with Crippen molar-refractivity contribution < 1.29 is 17.9 Å². The Morgan fingerprint density at radius 3 is 2.70 bits per heavy atom. The number of thioether (sulfide) groups is 1. The molecule has 2 aliphatic heterocycles. The van der Waals surface area contributed by atoms with Gasteiger partial charge < -0.3 is 4.74 Å². The molecule has 5 rings (SSSR count). The van der Waals surface area contributed by atoms with E-state index in [0.29, 0.717) is 55.2 Å². The normalized spacial score (nSPS) is 19.2. The fourth-order valence-corrected chi connectivity index (χ4v) is 9.32. The number of anilines is 1. The molecule has 0 N–H and O–H groups in total. The third-order valence-corrected chi connectivity index (χ3v) is 11.8. The van der Waals surface area contributed by atoms with Gasteiger partial charge in [0.25, 0.3) is 10.0 Å². The molecule has 2 aromatic heterocycles. The molecule has 2 fully saturated rings. The Kier molecular flexibility index (Phi) is 9.79. The maximum atomic E-state index is 14.0. The number of rotatable bonds is 8. The molecule has 1 unspecified atom stereocenters. The largest absolute Gasteiger partial charge is 0.379 e. The molecule has 4 heterocycles. The summed E-state index contributed by atoms with van der Waals surface area (Å²) in [6.45, 7) is 4.37. The monoisotopic (exact) mass is 622 g/mol. The fraction of sp³-hybridized carbons (Fsp3) is 0.478. The van der Waals surface area contributed by atoms with Crippen molar-refractivity contribution in [1.82, 2.24) is 14.2 Å². The van der Waals surface area contributed by atoms with Crippen LogP contribution in [0.5, 0.6) is 0 Å². The van der Waals surface area contributed by atoms with Crippen molar-refractivity contribution in [1.29, 1.82) is 0 Å². The standard InChI is InChI=1S/C23H27ClN4O4S4.ClH/c1-33-16-4-5-17-19(15-16)34-23(25-17)27(10-9-26-11-13-32-14-12-26)22(29)18-3-2-8-28(18)36(30,31)21-7-6-20(24)35-21;/h4-7,15,18H,2-3,8-14H2,1H3;1H. The van der Waals surface area contributed by atoms with Gasteiger partial charge in [0.05, 0.1) is 27.8 Å². The average Bonchev–Trinajstić information content (AvgIpc) is 3.64. The second-order valence-electron chi connectivity index (χ2n) is 8.61. The third-order valence-electron chi connectivity index (χ3n) is 6.43. The van der Waals surface area contributed by atoms with Crippen LogP contribution in [0.15, 0.2) is 39.4 Å². The van der Waals surface area contributed by atoms with E-state index in [9.17, 15) is 13.2 Å². The number of sulfonamides is 1. The molecule has 1 amide bonds. The molecule has 37 heavy (non-hydrogen) atoms. The topological polar surface area (TPSA) is 83.1 Å². The summed E-state index contributed by atoms with van der Waals surface area (Å²) in [4.78, 5) is 23.9. The van der Waals surface area contributed by atoms with Crippen LogP contribution in [0, 0.1) is 0 Å². The summed E-state index contributed by atoms with van der Waals surface area (Å²) >= 11 is 10.2. The SMILES string of the molecule is CSc1ccc2nc(N(CCN3CCOCC3)C(=O)C3CCCN3S(=O)(=O)c3ccc(Cl)s3)sc2c1.Cl. The number of benzene rings is 1. The summed E-state index contributed by atoms with van der Waals surface area (Å²) in [5.74, 6) is -0.226. The molecule has 1 atom stereocenters. The van der Waals surface area contributed by atoms with E-state index in [0.717, 1.165) is 39.5 Å². The van der Waals surface area contributed by atoms with Gasteiger partial charge in [-0.2, -0.15) is 4.31 Å². The summed E-state index contributed by atoms with van der Waals surface area (Å²) < 4.78 is 35.2. The van der Waals surface area contributed by atoms with E-state index in [1.807, 2.05) is 18.4 Å². The predicted molar refractivity (Wildman–Crippen MR) is 155 cm³/mol. The molecule has 3 aromatic rings. The first-order valence-electron chi connectivity index (χ1n) is 11.7. The van der Waals surface area contributed by atoms with Gasteiger partial charge in [-0.3, -0.25) is 14.6 Å². The maximum absolute atomic E-state index is 14.0. The number of thiophene rings is 1. The van der Waals surface area contributed by atoms with E-state index < -0.39 is 16.1 Å². The molecule has 0 saturated carbocycles. The van der Waals surface area contributed by atoms with E-state index in [1.165, 1.54) is 21.7 Å². The van der Waals surface area contributed by atoms with E-state index in [2.05, 4.69) is 11.0 Å². The number of aromatic nitrogens is 1. The number of halogens is 2. The highest BCUT2D eigenvalue weighted by Crippen LogP contribution is 2.35. The smallest absolute Gasteiger partial charge is 0.253 e. The zero-order valence-electron chi connectivity index (χ0n) is 20.2. The van der Waals surface area contributed by atoms with Gasteiger partial charge in [-0.1, -0.05) is 22.9 Å². The Labute approximate surface area is 240 Å². The maximum Gasteiger partial charge on any atom is 0.253 e. The zero-order chi connectivity index (χ0) is 25.3. The number of hydrogen-bond acceptors (Lipinski definition) is 9. The van der Waals surface area contributed by atoms with Crippen LogP contribution in [-0.4, -0.2) is 86.7 Å². The number of amides is 1. The molecule has 2 aliphatic rings. The molecule has 2 saturated heterocycles. The summed E-state index contributed by atoms with van der Waals surface area (Å²) in [5, 5.41) is 0.602. The third kappa shape index (κ3) is 6.28. The number of ether oxygens (including phenoxy) is 1. The Morgan fingerprint density at radius 1 is 1.22 bits per heavy atom. The number of hydrogen-bond donors (Lipinski definition) is 0.